The minimum Gasteiger partial charge on any atom is -0.484 e. The lowest BCUT2D eigenvalue weighted by molar-refractivity contribution is 0.126. The van der Waals surface area contributed by atoms with Crippen molar-refractivity contribution in [3.63, 3.8) is 0 Å². The molecule has 0 radical (unpaired) electrons. The zero-order valence-electron chi connectivity index (χ0n) is 14.5. The van der Waals surface area contributed by atoms with Crippen molar-refractivity contribution in [1.29, 1.82) is 0 Å². The highest BCUT2D eigenvalue weighted by atomic mass is 32.2. The number of anilines is 1. The summed E-state index contributed by atoms with van der Waals surface area (Å²) in [5.74, 6) is 0.627. The van der Waals surface area contributed by atoms with Crippen LogP contribution in [-0.4, -0.2) is 33.7 Å². The molecule has 25 heavy (non-hydrogen) atoms. The zero-order chi connectivity index (χ0) is 17.9. The molecule has 0 spiro atoms. The normalized spacial score (nSPS) is 17.2. The second-order valence-corrected chi connectivity index (χ2v) is 8.07. The van der Waals surface area contributed by atoms with Gasteiger partial charge in [0.25, 0.3) is 10.1 Å². The quantitative estimate of drug-likeness (QED) is 0.740. The zero-order valence-corrected chi connectivity index (χ0v) is 15.3. The Morgan fingerprint density at radius 3 is 2.52 bits per heavy atom. The van der Waals surface area contributed by atoms with E-state index in [0.29, 0.717) is 12.1 Å². The molecular weight excluding hydrogens is 338 g/mol. The van der Waals surface area contributed by atoms with Crippen molar-refractivity contribution in [2.24, 2.45) is 0 Å². The predicted octanol–water partition coefficient (Wildman–Crippen LogP) is 3.21. The Morgan fingerprint density at radius 2 is 1.80 bits per heavy atom. The molecule has 5 nitrogen and oxygen atoms in total. The van der Waals surface area contributed by atoms with E-state index in [-0.39, 0.29) is 24.5 Å². The van der Waals surface area contributed by atoms with Gasteiger partial charge in [0.05, 0.1) is 12.2 Å². The van der Waals surface area contributed by atoms with Gasteiger partial charge in [-0.3, -0.25) is 4.18 Å². The van der Waals surface area contributed by atoms with Gasteiger partial charge in [0.1, 0.15) is 24.2 Å². The largest absolute Gasteiger partial charge is 0.484 e. The van der Waals surface area contributed by atoms with Crippen molar-refractivity contribution >= 4 is 15.8 Å². The topological polar surface area (TPSA) is 55.8 Å². The molecule has 0 aromatic heterocycles. The Kier molecular flexibility index (Phi) is 5.30. The first-order valence-electron chi connectivity index (χ1n) is 8.38. The van der Waals surface area contributed by atoms with Crippen LogP contribution in [0.1, 0.15) is 19.4 Å². The van der Waals surface area contributed by atoms with Crippen LogP contribution in [0.3, 0.4) is 0 Å². The Labute approximate surface area is 149 Å². The molecule has 1 aliphatic rings. The van der Waals surface area contributed by atoms with Crippen LogP contribution in [0.5, 0.6) is 5.75 Å². The summed E-state index contributed by atoms with van der Waals surface area (Å²) in [5, 5.41) is 0. The number of hydrogen-bond donors (Lipinski definition) is 0. The van der Waals surface area contributed by atoms with E-state index in [0.717, 1.165) is 11.4 Å². The molecule has 1 heterocycles. The molecule has 0 bridgehead atoms. The Balaban J connectivity index is 1.66. The molecule has 0 saturated carbocycles. The van der Waals surface area contributed by atoms with E-state index in [9.17, 15) is 8.42 Å². The van der Waals surface area contributed by atoms with Crippen LogP contribution in [0.2, 0.25) is 0 Å². The standard InChI is InChI=1S/C19H23NO4S/c1-15(2)20-12-17(24-19-11-7-6-10-18(19)20)13-23-25(21,22)14-16-8-4-3-5-9-16/h3-11,15,17H,12-14H2,1-2H3. The fourth-order valence-electron chi connectivity index (χ4n) is 2.90. The van der Waals surface area contributed by atoms with Crippen LogP contribution >= 0.6 is 0 Å². The minimum atomic E-state index is -3.65. The van der Waals surface area contributed by atoms with Crippen LogP contribution < -0.4 is 9.64 Å². The van der Waals surface area contributed by atoms with Crippen LogP contribution in [0, 0.1) is 0 Å². The highest BCUT2D eigenvalue weighted by Crippen LogP contribution is 2.34. The highest BCUT2D eigenvalue weighted by molar-refractivity contribution is 7.85. The van der Waals surface area contributed by atoms with E-state index in [1.54, 1.807) is 12.1 Å². The number of rotatable bonds is 6. The number of fused-ring (bicyclic) bond motifs is 1. The molecule has 6 heteroatoms. The van der Waals surface area contributed by atoms with E-state index in [1.807, 2.05) is 42.5 Å². The third-order valence-corrected chi connectivity index (χ3v) is 5.29. The average Bonchev–Trinajstić information content (AvgIpc) is 2.59. The van der Waals surface area contributed by atoms with Gasteiger partial charge in [0.2, 0.25) is 0 Å². The van der Waals surface area contributed by atoms with Crippen molar-refractivity contribution in [1.82, 2.24) is 0 Å². The Bertz CT molecular complexity index is 805. The van der Waals surface area contributed by atoms with Gasteiger partial charge in [0.15, 0.2) is 0 Å². The van der Waals surface area contributed by atoms with Crippen LogP contribution in [0.25, 0.3) is 0 Å². The van der Waals surface area contributed by atoms with Crippen LogP contribution in [0.4, 0.5) is 5.69 Å². The van der Waals surface area contributed by atoms with Gasteiger partial charge >= 0.3 is 0 Å². The molecule has 1 unspecified atom stereocenters. The highest BCUT2D eigenvalue weighted by Gasteiger charge is 2.28. The molecule has 1 atom stereocenters. The maximum absolute atomic E-state index is 12.2. The maximum Gasteiger partial charge on any atom is 0.271 e. The van der Waals surface area contributed by atoms with Crippen molar-refractivity contribution < 1.29 is 17.3 Å². The fraction of sp³-hybridized carbons (Fsp3) is 0.368. The summed E-state index contributed by atoms with van der Waals surface area (Å²) < 4.78 is 35.6. The summed E-state index contributed by atoms with van der Waals surface area (Å²) in [6.45, 7) is 4.81. The molecule has 3 rings (SSSR count). The summed E-state index contributed by atoms with van der Waals surface area (Å²) in [5.41, 5.74) is 1.74. The fourth-order valence-corrected chi connectivity index (χ4v) is 3.95. The lowest BCUT2D eigenvalue weighted by Crippen LogP contribution is -2.45. The van der Waals surface area contributed by atoms with Gasteiger partial charge in [0, 0.05) is 6.04 Å². The third-order valence-electron chi connectivity index (χ3n) is 4.11. The van der Waals surface area contributed by atoms with E-state index in [2.05, 4.69) is 18.7 Å². The van der Waals surface area contributed by atoms with Gasteiger partial charge in [-0.05, 0) is 31.5 Å². The van der Waals surface area contributed by atoms with E-state index >= 15 is 0 Å². The van der Waals surface area contributed by atoms with E-state index in [4.69, 9.17) is 8.92 Å². The summed E-state index contributed by atoms with van der Waals surface area (Å²) in [6, 6.07) is 17.1. The molecule has 2 aromatic rings. The monoisotopic (exact) mass is 361 g/mol. The van der Waals surface area contributed by atoms with Crippen molar-refractivity contribution in [2.75, 3.05) is 18.1 Å². The number of para-hydroxylation sites is 2. The molecule has 0 N–H and O–H groups in total. The van der Waals surface area contributed by atoms with E-state index in [1.165, 1.54) is 0 Å². The molecular formula is C19H23NO4S. The molecule has 134 valence electrons. The minimum absolute atomic E-state index is 0.00667. The second kappa shape index (κ2) is 7.45. The number of benzene rings is 2. The Morgan fingerprint density at radius 1 is 1.12 bits per heavy atom. The van der Waals surface area contributed by atoms with Crippen LogP contribution in [0.15, 0.2) is 54.6 Å². The van der Waals surface area contributed by atoms with E-state index < -0.39 is 10.1 Å². The summed E-state index contributed by atoms with van der Waals surface area (Å²) >= 11 is 0. The average molecular weight is 361 g/mol. The van der Waals surface area contributed by atoms with Gasteiger partial charge in [-0.15, -0.1) is 0 Å². The molecule has 1 aliphatic heterocycles. The van der Waals surface area contributed by atoms with Crippen molar-refractivity contribution in [3.05, 3.63) is 60.2 Å². The molecule has 0 fully saturated rings. The first kappa shape index (κ1) is 17.8. The SMILES string of the molecule is CC(C)N1CC(COS(=O)(=O)Cc2ccccc2)Oc2ccccc21. The maximum atomic E-state index is 12.2. The van der Waals surface area contributed by atoms with Gasteiger partial charge in [-0.1, -0.05) is 42.5 Å². The van der Waals surface area contributed by atoms with Gasteiger partial charge in [-0.2, -0.15) is 8.42 Å². The summed E-state index contributed by atoms with van der Waals surface area (Å²) in [7, 11) is -3.65. The number of ether oxygens (including phenoxy) is 1. The van der Waals surface area contributed by atoms with Gasteiger partial charge < -0.3 is 9.64 Å². The second-order valence-electron chi connectivity index (χ2n) is 6.43. The molecule has 0 saturated heterocycles. The smallest absolute Gasteiger partial charge is 0.271 e. The van der Waals surface area contributed by atoms with Crippen molar-refractivity contribution in [2.45, 2.75) is 31.7 Å². The summed E-state index contributed by atoms with van der Waals surface area (Å²) in [6.07, 6.45) is -0.331. The van der Waals surface area contributed by atoms with Crippen LogP contribution in [-0.2, 0) is 20.1 Å². The summed E-state index contributed by atoms with van der Waals surface area (Å²) in [4.78, 5) is 2.21. The van der Waals surface area contributed by atoms with Crippen molar-refractivity contribution in [3.8, 4) is 5.75 Å². The molecule has 0 aliphatic carbocycles. The number of hydrogen-bond acceptors (Lipinski definition) is 5. The first-order valence-corrected chi connectivity index (χ1v) is 9.96. The van der Waals surface area contributed by atoms with Gasteiger partial charge in [-0.25, -0.2) is 0 Å². The molecule has 2 aromatic carbocycles. The third kappa shape index (κ3) is 4.52. The first-order chi connectivity index (χ1) is 11.9. The predicted molar refractivity (Wildman–Crippen MR) is 98.4 cm³/mol. The number of nitrogens with zero attached hydrogens (tertiary/aromatic N) is 1. The lowest BCUT2D eigenvalue weighted by Gasteiger charge is -2.38. The lowest BCUT2D eigenvalue weighted by atomic mass is 10.1. The Hall–Kier alpha value is -2.05. The molecule has 0 amide bonds.